The molecule has 14 heavy (non-hydrogen) atoms. The Hall–Kier alpha value is -0.440. The Kier molecular flexibility index (Phi) is 3.65. The lowest BCUT2D eigenvalue weighted by Gasteiger charge is -2.18. The molecule has 0 radical (unpaired) electrons. The molecule has 0 saturated carbocycles. The van der Waals surface area contributed by atoms with Gasteiger partial charge >= 0.3 is 0 Å². The quantitative estimate of drug-likeness (QED) is 0.748. The third-order valence-corrected chi connectivity index (χ3v) is 2.46. The van der Waals surface area contributed by atoms with Gasteiger partial charge in [-0.3, -0.25) is 0 Å². The molecular weight excluding hydrogens is 250 g/mol. The van der Waals surface area contributed by atoms with Crippen molar-refractivity contribution in [1.82, 2.24) is 0 Å². The summed E-state index contributed by atoms with van der Waals surface area (Å²) < 4.78 is 27.9. The first-order chi connectivity index (χ1) is 6.42. The Morgan fingerprint density at radius 2 is 1.71 bits per heavy atom. The van der Waals surface area contributed by atoms with Gasteiger partial charge in [-0.15, -0.1) is 0 Å². The standard InChI is InChI=1S/C11H13BrF2/c1-8(2)7-11(13,14)9-3-5-10(12)6-4-9/h3-6,8H,7H2,1-2H3. The van der Waals surface area contributed by atoms with E-state index in [1.54, 1.807) is 26.0 Å². The van der Waals surface area contributed by atoms with Crippen molar-refractivity contribution in [2.45, 2.75) is 26.2 Å². The summed E-state index contributed by atoms with van der Waals surface area (Å²) in [6.07, 6.45) is -0.103. The van der Waals surface area contributed by atoms with Crippen molar-refractivity contribution in [3.05, 3.63) is 34.3 Å². The summed E-state index contributed by atoms with van der Waals surface area (Å²) in [5.74, 6) is -2.72. The van der Waals surface area contributed by atoms with Gasteiger partial charge in [-0.05, 0) is 18.1 Å². The number of alkyl halides is 2. The van der Waals surface area contributed by atoms with E-state index in [4.69, 9.17) is 0 Å². The molecule has 1 aromatic rings. The highest BCUT2D eigenvalue weighted by molar-refractivity contribution is 9.10. The summed E-state index contributed by atoms with van der Waals surface area (Å²) in [4.78, 5) is 0. The second-order valence-electron chi connectivity index (χ2n) is 3.81. The van der Waals surface area contributed by atoms with Crippen LogP contribution in [-0.2, 0) is 5.92 Å². The second-order valence-corrected chi connectivity index (χ2v) is 4.72. The number of rotatable bonds is 3. The Bertz CT molecular complexity index is 291. The third-order valence-electron chi connectivity index (χ3n) is 1.93. The molecule has 0 bridgehead atoms. The van der Waals surface area contributed by atoms with E-state index in [1.807, 2.05) is 0 Å². The zero-order valence-corrected chi connectivity index (χ0v) is 9.81. The Labute approximate surface area is 91.5 Å². The van der Waals surface area contributed by atoms with Gasteiger partial charge in [-0.2, -0.15) is 0 Å². The summed E-state index contributed by atoms with van der Waals surface area (Å²) in [5, 5.41) is 0. The van der Waals surface area contributed by atoms with Crippen molar-refractivity contribution >= 4 is 15.9 Å². The molecule has 0 N–H and O–H groups in total. The van der Waals surface area contributed by atoms with Gasteiger partial charge in [-0.1, -0.05) is 41.9 Å². The maximum absolute atomic E-state index is 13.5. The Morgan fingerprint density at radius 1 is 1.21 bits per heavy atom. The van der Waals surface area contributed by atoms with Crippen LogP contribution in [0.2, 0.25) is 0 Å². The summed E-state index contributed by atoms with van der Waals surface area (Å²) in [6, 6.07) is 6.21. The largest absolute Gasteiger partial charge is 0.273 e. The second kappa shape index (κ2) is 4.39. The van der Waals surface area contributed by atoms with E-state index in [2.05, 4.69) is 15.9 Å². The third kappa shape index (κ3) is 3.05. The van der Waals surface area contributed by atoms with Crippen LogP contribution in [0.3, 0.4) is 0 Å². The van der Waals surface area contributed by atoms with E-state index in [0.717, 1.165) is 4.47 Å². The van der Waals surface area contributed by atoms with Gasteiger partial charge in [0, 0.05) is 16.5 Å². The molecule has 0 fully saturated rings. The van der Waals surface area contributed by atoms with Gasteiger partial charge in [-0.25, -0.2) is 8.78 Å². The lowest BCUT2D eigenvalue weighted by molar-refractivity contribution is -0.0249. The van der Waals surface area contributed by atoms with Gasteiger partial charge < -0.3 is 0 Å². The average Bonchev–Trinajstić information content (AvgIpc) is 2.02. The molecular formula is C11H13BrF2. The molecule has 1 aromatic carbocycles. The van der Waals surface area contributed by atoms with Crippen LogP contribution in [-0.4, -0.2) is 0 Å². The Morgan fingerprint density at radius 3 is 2.14 bits per heavy atom. The fraction of sp³-hybridized carbons (Fsp3) is 0.455. The van der Waals surface area contributed by atoms with Crippen LogP contribution >= 0.6 is 15.9 Å². The lowest BCUT2D eigenvalue weighted by atomic mass is 9.99. The molecule has 0 aromatic heterocycles. The van der Waals surface area contributed by atoms with Crippen molar-refractivity contribution < 1.29 is 8.78 Å². The summed E-state index contributed by atoms with van der Waals surface area (Å²) in [6.45, 7) is 3.60. The van der Waals surface area contributed by atoms with E-state index < -0.39 is 5.92 Å². The van der Waals surface area contributed by atoms with Gasteiger partial charge in [0.05, 0.1) is 0 Å². The summed E-state index contributed by atoms with van der Waals surface area (Å²) in [5.41, 5.74) is 0.0920. The van der Waals surface area contributed by atoms with Crippen LogP contribution in [0.1, 0.15) is 25.8 Å². The van der Waals surface area contributed by atoms with Gasteiger partial charge in [0.25, 0.3) is 5.92 Å². The predicted octanol–water partition coefficient (Wildman–Crippen LogP) is 4.59. The number of hydrogen-bond donors (Lipinski definition) is 0. The van der Waals surface area contributed by atoms with E-state index in [9.17, 15) is 8.78 Å². The van der Waals surface area contributed by atoms with Gasteiger partial charge in [0.1, 0.15) is 0 Å². The summed E-state index contributed by atoms with van der Waals surface area (Å²) >= 11 is 3.22. The highest BCUT2D eigenvalue weighted by Crippen LogP contribution is 2.34. The zero-order chi connectivity index (χ0) is 10.8. The normalized spacial score (nSPS) is 12.1. The van der Waals surface area contributed by atoms with Gasteiger partial charge in [0.2, 0.25) is 0 Å². The minimum Gasteiger partial charge on any atom is -0.201 e. The van der Waals surface area contributed by atoms with Crippen LogP contribution < -0.4 is 0 Å². The van der Waals surface area contributed by atoms with Crippen molar-refractivity contribution in [1.29, 1.82) is 0 Å². The molecule has 78 valence electrons. The molecule has 0 aliphatic rings. The zero-order valence-electron chi connectivity index (χ0n) is 8.23. The first-order valence-electron chi connectivity index (χ1n) is 4.55. The number of halogens is 3. The first kappa shape index (κ1) is 11.6. The lowest BCUT2D eigenvalue weighted by Crippen LogP contribution is -2.15. The molecule has 0 heterocycles. The van der Waals surface area contributed by atoms with Crippen molar-refractivity contribution in [3.63, 3.8) is 0 Å². The average molecular weight is 263 g/mol. The molecule has 0 aliphatic carbocycles. The van der Waals surface area contributed by atoms with Crippen LogP contribution in [0, 0.1) is 5.92 Å². The van der Waals surface area contributed by atoms with Crippen LogP contribution in [0.5, 0.6) is 0 Å². The fourth-order valence-electron chi connectivity index (χ4n) is 1.32. The van der Waals surface area contributed by atoms with E-state index in [0.29, 0.717) is 0 Å². The topological polar surface area (TPSA) is 0 Å². The molecule has 0 nitrogen and oxygen atoms in total. The SMILES string of the molecule is CC(C)CC(F)(F)c1ccc(Br)cc1. The molecule has 1 rings (SSSR count). The maximum atomic E-state index is 13.5. The van der Waals surface area contributed by atoms with E-state index in [1.165, 1.54) is 12.1 Å². The van der Waals surface area contributed by atoms with E-state index >= 15 is 0 Å². The molecule has 0 spiro atoms. The Balaban J connectivity index is 2.86. The minimum absolute atomic E-state index is 0.00588. The van der Waals surface area contributed by atoms with Gasteiger partial charge in [0.15, 0.2) is 0 Å². The molecule has 0 unspecified atom stereocenters. The van der Waals surface area contributed by atoms with Crippen LogP contribution in [0.15, 0.2) is 28.7 Å². The number of benzene rings is 1. The monoisotopic (exact) mass is 262 g/mol. The molecule has 3 heteroatoms. The van der Waals surface area contributed by atoms with Crippen LogP contribution in [0.25, 0.3) is 0 Å². The summed E-state index contributed by atoms with van der Waals surface area (Å²) in [7, 11) is 0. The molecule has 0 saturated heterocycles. The molecule has 0 atom stereocenters. The highest BCUT2D eigenvalue weighted by atomic mass is 79.9. The minimum atomic E-state index is -2.71. The maximum Gasteiger partial charge on any atom is 0.273 e. The first-order valence-corrected chi connectivity index (χ1v) is 5.35. The van der Waals surface area contributed by atoms with Crippen LogP contribution in [0.4, 0.5) is 8.78 Å². The predicted molar refractivity (Wildman–Crippen MR) is 57.5 cm³/mol. The van der Waals surface area contributed by atoms with Crippen molar-refractivity contribution in [2.24, 2.45) is 5.92 Å². The fourth-order valence-corrected chi connectivity index (χ4v) is 1.59. The smallest absolute Gasteiger partial charge is 0.201 e. The molecule has 0 amide bonds. The highest BCUT2D eigenvalue weighted by Gasteiger charge is 2.31. The van der Waals surface area contributed by atoms with Crippen molar-refractivity contribution in [2.75, 3.05) is 0 Å². The van der Waals surface area contributed by atoms with E-state index in [-0.39, 0.29) is 17.9 Å². The van der Waals surface area contributed by atoms with Crippen molar-refractivity contribution in [3.8, 4) is 0 Å². The number of hydrogen-bond acceptors (Lipinski definition) is 0. The molecule has 0 aliphatic heterocycles.